The molecule has 0 fully saturated rings. The van der Waals surface area contributed by atoms with Gasteiger partial charge >= 0.3 is 17.9 Å². The number of esters is 3. The van der Waals surface area contributed by atoms with Crippen LogP contribution in [0.3, 0.4) is 0 Å². The van der Waals surface area contributed by atoms with Crippen molar-refractivity contribution in [3.63, 3.8) is 0 Å². The summed E-state index contributed by atoms with van der Waals surface area (Å²) in [6.07, 6.45) is 88.2. The van der Waals surface area contributed by atoms with Crippen LogP contribution in [0.1, 0.15) is 374 Å². The minimum Gasteiger partial charge on any atom is -0.462 e. The van der Waals surface area contributed by atoms with Crippen molar-refractivity contribution in [2.45, 2.75) is 380 Å². The first-order valence-corrected chi connectivity index (χ1v) is 35.3. The van der Waals surface area contributed by atoms with Gasteiger partial charge in [0.15, 0.2) is 6.10 Å². The highest BCUT2D eigenvalue weighted by Crippen LogP contribution is 2.17. The molecule has 6 nitrogen and oxygen atoms in total. The molecular formula is C74H134O6. The largest absolute Gasteiger partial charge is 0.462 e. The number of carbonyl (C=O) groups excluding carboxylic acids is 3. The van der Waals surface area contributed by atoms with Crippen molar-refractivity contribution in [2.24, 2.45) is 0 Å². The fraction of sp³-hybridized carbons (Fsp3) is 0.824. The van der Waals surface area contributed by atoms with Gasteiger partial charge < -0.3 is 14.2 Å². The lowest BCUT2D eigenvalue weighted by molar-refractivity contribution is -0.167. The Morgan fingerprint density at radius 1 is 0.250 bits per heavy atom. The molecule has 80 heavy (non-hydrogen) atoms. The molecule has 0 spiro atoms. The van der Waals surface area contributed by atoms with E-state index in [1.165, 1.54) is 250 Å². The molecule has 0 heterocycles. The molecule has 0 rings (SSSR count). The zero-order valence-corrected chi connectivity index (χ0v) is 53.6. The third-order valence-corrected chi connectivity index (χ3v) is 15.7. The highest BCUT2D eigenvalue weighted by Gasteiger charge is 2.19. The second kappa shape index (κ2) is 68.6. The number of rotatable bonds is 65. The highest BCUT2D eigenvalue weighted by atomic mass is 16.6. The van der Waals surface area contributed by atoms with E-state index in [-0.39, 0.29) is 31.1 Å². The molecule has 0 bridgehead atoms. The third-order valence-electron chi connectivity index (χ3n) is 15.7. The number of carbonyl (C=O) groups is 3. The molecule has 0 saturated heterocycles. The second-order valence-electron chi connectivity index (χ2n) is 23.8. The molecule has 0 aromatic rings. The fourth-order valence-electron chi connectivity index (χ4n) is 10.4. The quantitative estimate of drug-likeness (QED) is 0.0261. The maximum atomic E-state index is 12.9. The molecule has 0 aliphatic carbocycles. The third kappa shape index (κ3) is 65.9. The lowest BCUT2D eigenvalue weighted by Crippen LogP contribution is -2.30. The maximum absolute atomic E-state index is 12.9. The van der Waals surface area contributed by atoms with Crippen LogP contribution >= 0.6 is 0 Å². The average Bonchev–Trinajstić information content (AvgIpc) is 3.46. The van der Waals surface area contributed by atoms with Gasteiger partial charge in [0.25, 0.3) is 0 Å². The second-order valence-corrected chi connectivity index (χ2v) is 23.8. The predicted octanol–water partition coefficient (Wildman–Crippen LogP) is 24.3. The molecule has 6 heteroatoms. The van der Waals surface area contributed by atoms with Crippen LogP contribution < -0.4 is 0 Å². The number of hydrogen-bond acceptors (Lipinski definition) is 6. The Bertz CT molecular complexity index is 1430. The summed E-state index contributed by atoms with van der Waals surface area (Å²) >= 11 is 0. The van der Waals surface area contributed by atoms with E-state index in [0.29, 0.717) is 19.3 Å². The molecule has 0 aromatic heterocycles. The van der Waals surface area contributed by atoms with Gasteiger partial charge in [0.2, 0.25) is 0 Å². The molecule has 0 aliphatic rings. The Morgan fingerprint density at radius 3 is 0.713 bits per heavy atom. The van der Waals surface area contributed by atoms with Crippen LogP contribution in [0.4, 0.5) is 0 Å². The van der Waals surface area contributed by atoms with Crippen LogP contribution in [-0.2, 0) is 28.6 Å². The zero-order valence-electron chi connectivity index (χ0n) is 53.6. The summed E-state index contributed by atoms with van der Waals surface area (Å²) in [5.41, 5.74) is 0. The van der Waals surface area contributed by atoms with Crippen molar-refractivity contribution in [2.75, 3.05) is 13.2 Å². The zero-order chi connectivity index (χ0) is 57.8. The normalized spacial score (nSPS) is 12.4. The molecule has 0 radical (unpaired) electrons. The van der Waals surface area contributed by atoms with Gasteiger partial charge in [-0.3, -0.25) is 14.4 Å². The van der Waals surface area contributed by atoms with E-state index in [1.54, 1.807) is 0 Å². The monoisotopic (exact) mass is 1120 g/mol. The molecule has 0 saturated carbocycles. The molecule has 0 aliphatic heterocycles. The Morgan fingerprint density at radius 2 is 0.450 bits per heavy atom. The van der Waals surface area contributed by atoms with E-state index in [0.717, 1.165) is 83.5 Å². The molecule has 0 amide bonds. The lowest BCUT2D eigenvalue weighted by Gasteiger charge is -2.18. The number of hydrogen-bond donors (Lipinski definition) is 0. The molecular weight excluding hydrogens is 985 g/mol. The van der Waals surface area contributed by atoms with Gasteiger partial charge in [-0.25, -0.2) is 0 Å². The summed E-state index contributed by atoms with van der Waals surface area (Å²) in [6, 6.07) is 0. The number of unbranched alkanes of at least 4 members (excludes halogenated alkanes) is 44. The summed E-state index contributed by atoms with van der Waals surface area (Å²) in [4.78, 5) is 38.4. The van der Waals surface area contributed by atoms with Gasteiger partial charge in [-0.05, 0) is 109 Å². The maximum Gasteiger partial charge on any atom is 0.306 e. The van der Waals surface area contributed by atoms with Crippen LogP contribution in [0.15, 0.2) is 60.8 Å². The lowest BCUT2D eigenvalue weighted by atomic mass is 10.0. The summed E-state index contributed by atoms with van der Waals surface area (Å²) in [6.45, 7) is 6.65. The minimum atomic E-state index is -0.782. The standard InChI is InChI=1S/C74H134O6/c1-4-7-10-13-16-19-22-25-28-30-32-33-34-35-36-37-38-39-40-41-42-44-46-49-52-55-58-61-64-67-73(76)79-70-71(69-78-72(75)66-63-60-57-54-51-48-45-27-24-21-18-15-12-9-6-3)80-74(77)68-65-62-59-56-53-50-47-43-31-29-26-23-20-17-14-11-8-5-2/h20,22-23,25,27,29-32,45,71H,4-19,21,24,26,28,33-44,46-70H2,1-3H3/b23-20-,25-22-,31-29-,32-30-,45-27-. The Balaban J connectivity index is 4.24. The predicted molar refractivity (Wildman–Crippen MR) is 348 cm³/mol. The van der Waals surface area contributed by atoms with Crippen LogP contribution in [-0.4, -0.2) is 37.2 Å². The van der Waals surface area contributed by atoms with E-state index in [2.05, 4.69) is 81.5 Å². The van der Waals surface area contributed by atoms with Crippen LogP contribution in [0, 0.1) is 0 Å². The Kier molecular flexibility index (Phi) is 66.1. The van der Waals surface area contributed by atoms with E-state index in [4.69, 9.17) is 14.2 Å². The first-order chi connectivity index (χ1) is 39.5. The fourth-order valence-corrected chi connectivity index (χ4v) is 10.4. The van der Waals surface area contributed by atoms with Gasteiger partial charge in [-0.15, -0.1) is 0 Å². The number of ether oxygens (including phenoxy) is 3. The highest BCUT2D eigenvalue weighted by molar-refractivity contribution is 5.71. The van der Waals surface area contributed by atoms with E-state index in [1.807, 2.05) is 0 Å². The van der Waals surface area contributed by atoms with Gasteiger partial charge in [0, 0.05) is 19.3 Å². The summed E-state index contributed by atoms with van der Waals surface area (Å²) < 4.78 is 17.0. The minimum absolute atomic E-state index is 0.0768. The summed E-state index contributed by atoms with van der Waals surface area (Å²) in [5, 5.41) is 0. The Labute approximate surface area is 498 Å². The van der Waals surface area contributed by atoms with Crippen LogP contribution in [0.2, 0.25) is 0 Å². The molecule has 0 aromatic carbocycles. The van der Waals surface area contributed by atoms with E-state index >= 15 is 0 Å². The Hall–Kier alpha value is -2.89. The van der Waals surface area contributed by atoms with Crippen molar-refractivity contribution in [3.05, 3.63) is 60.8 Å². The van der Waals surface area contributed by atoms with E-state index < -0.39 is 6.10 Å². The first-order valence-electron chi connectivity index (χ1n) is 35.3. The van der Waals surface area contributed by atoms with Crippen molar-refractivity contribution in [1.29, 1.82) is 0 Å². The summed E-state index contributed by atoms with van der Waals surface area (Å²) in [5.74, 6) is -0.871. The van der Waals surface area contributed by atoms with Crippen molar-refractivity contribution in [1.82, 2.24) is 0 Å². The smallest absolute Gasteiger partial charge is 0.306 e. The summed E-state index contributed by atoms with van der Waals surface area (Å²) in [7, 11) is 0. The van der Waals surface area contributed by atoms with E-state index in [9.17, 15) is 14.4 Å². The first kappa shape index (κ1) is 77.1. The van der Waals surface area contributed by atoms with Crippen molar-refractivity contribution in [3.8, 4) is 0 Å². The average molecular weight is 1120 g/mol. The van der Waals surface area contributed by atoms with Crippen molar-refractivity contribution < 1.29 is 28.6 Å². The molecule has 1 atom stereocenters. The topological polar surface area (TPSA) is 78.9 Å². The van der Waals surface area contributed by atoms with Gasteiger partial charge in [-0.2, -0.15) is 0 Å². The van der Waals surface area contributed by atoms with Crippen molar-refractivity contribution >= 4 is 17.9 Å². The van der Waals surface area contributed by atoms with Gasteiger partial charge in [-0.1, -0.05) is 306 Å². The molecule has 0 N–H and O–H groups in total. The molecule has 1 unspecified atom stereocenters. The molecule has 466 valence electrons. The van der Waals surface area contributed by atoms with Crippen LogP contribution in [0.5, 0.6) is 0 Å². The van der Waals surface area contributed by atoms with Gasteiger partial charge in [0.1, 0.15) is 13.2 Å². The van der Waals surface area contributed by atoms with Gasteiger partial charge in [0.05, 0.1) is 0 Å². The van der Waals surface area contributed by atoms with Crippen LogP contribution in [0.25, 0.3) is 0 Å². The SMILES string of the molecule is CCCCCC/C=C\C/C=C\CCCCCCCCCC(=O)OC(COC(=O)CCCCCCC/C=C\CCCCCCCC)COC(=O)CCCCCCCCCCCCCCCCCCC/C=C\C/C=C\CCCCCCC. The number of allylic oxidation sites excluding steroid dienone is 10.